The first-order valence-electron chi connectivity index (χ1n) is 5.88. The molecular weight excluding hydrogens is 224 g/mol. The van der Waals surface area contributed by atoms with Gasteiger partial charge in [-0.15, -0.1) is 0 Å². The van der Waals surface area contributed by atoms with E-state index in [-0.39, 0.29) is 0 Å². The van der Waals surface area contributed by atoms with Crippen LogP contribution in [0.1, 0.15) is 11.1 Å². The Morgan fingerprint density at radius 3 is 2.22 bits per heavy atom. The average molecular weight is 242 g/mol. The van der Waals surface area contributed by atoms with E-state index in [4.69, 9.17) is 10.5 Å². The zero-order valence-electron chi connectivity index (χ0n) is 10.9. The molecule has 0 spiro atoms. The van der Waals surface area contributed by atoms with Gasteiger partial charge >= 0.3 is 0 Å². The monoisotopic (exact) mass is 242 g/mol. The number of benzene rings is 2. The molecule has 2 aromatic rings. The number of aryl methyl sites for hydroxylation is 2. The molecular formula is C15H18N2O. The first-order valence-corrected chi connectivity index (χ1v) is 5.88. The Bertz CT molecular complexity index is 564. The molecule has 2 aromatic carbocycles. The van der Waals surface area contributed by atoms with Gasteiger partial charge in [-0.25, -0.2) is 0 Å². The number of nitrogens with two attached hydrogens (primary N) is 1. The lowest BCUT2D eigenvalue weighted by Gasteiger charge is -2.14. The van der Waals surface area contributed by atoms with Gasteiger partial charge in [-0.05, 0) is 49.2 Å². The van der Waals surface area contributed by atoms with Crippen LogP contribution >= 0.6 is 0 Å². The topological polar surface area (TPSA) is 47.3 Å². The molecule has 3 N–H and O–H groups in total. The predicted octanol–water partition coefficient (Wildman–Crippen LogP) is 3.64. The zero-order valence-corrected chi connectivity index (χ0v) is 10.9. The SMILES string of the molecule is COc1ccc(C)cc1Nc1cc(C)ccc1N. The van der Waals surface area contributed by atoms with E-state index in [1.54, 1.807) is 7.11 Å². The largest absolute Gasteiger partial charge is 0.495 e. The van der Waals surface area contributed by atoms with Crippen molar-refractivity contribution in [3.8, 4) is 5.75 Å². The molecule has 0 heterocycles. The van der Waals surface area contributed by atoms with Crippen molar-refractivity contribution in [1.29, 1.82) is 0 Å². The third-order valence-electron chi connectivity index (χ3n) is 2.83. The van der Waals surface area contributed by atoms with Crippen LogP contribution in [0.5, 0.6) is 5.75 Å². The van der Waals surface area contributed by atoms with Crippen LogP contribution in [-0.4, -0.2) is 7.11 Å². The lowest BCUT2D eigenvalue weighted by Crippen LogP contribution is -1.99. The highest BCUT2D eigenvalue weighted by atomic mass is 16.5. The van der Waals surface area contributed by atoms with Crippen LogP contribution in [0.3, 0.4) is 0 Å². The van der Waals surface area contributed by atoms with Gasteiger partial charge in [0, 0.05) is 0 Å². The zero-order chi connectivity index (χ0) is 13.1. The van der Waals surface area contributed by atoms with Crippen molar-refractivity contribution in [2.75, 3.05) is 18.2 Å². The molecule has 0 fully saturated rings. The fourth-order valence-electron chi connectivity index (χ4n) is 1.84. The molecule has 0 saturated carbocycles. The van der Waals surface area contributed by atoms with Crippen LogP contribution in [0.15, 0.2) is 36.4 Å². The highest BCUT2D eigenvalue weighted by molar-refractivity contribution is 5.76. The van der Waals surface area contributed by atoms with Crippen LogP contribution in [0, 0.1) is 13.8 Å². The Balaban J connectivity index is 2.38. The van der Waals surface area contributed by atoms with Crippen molar-refractivity contribution in [3.05, 3.63) is 47.5 Å². The second-order valence-electron chi connectivity index (χ2n) is 4.42. The van der Waals surface area contributed by atoms with Crippen molar-refractivity contribution in [2.45, 2.75) is 13.8 Å². The average Bonchev–Trinajstić information content (AvgIpc) is 2.34. The van der Waals surface area contributed by atoms with Crippen molar-refractivity contribution < 1.29 is 4.74 Å². The van der Waals surface area contributed by atoms with Crippen molar-refractivity contribution in [3.63, 3.8) is 0 Å². The molecule has 0 amide bonds. The second kappa shape index (κ2) is 5.00. The first kappa shape index (κ1) is 12.3. The number of nitrogens with one attached hydrogen (secondary N) is 1. The summed E-state index contributed by atoms with van der Waals surface area (Å²) in [5.74, 6) is 0.807. The smallest absolute Gasteiger partial charge is 0.142 e. The number of ether oxygens (including phenoxy) is 1. The molecule has 94 valence electrons. The number of rotatable bonds is 3. The van der Waals surface area contributed by atoms with E-state index in [2.05, 4.69) is 5.32 Å². The van der Waals surface area contributed by atoms with Crippen LogP contribution < -0.4 is 15.8 Å². The quantitative estimate of drug-likeness (QED) is 0.808. The van der Waals surface area contributed by atoms with Gasteiger partial charge in [-0.3, -0.25) is 0 Å². The summed E-state index contributed by atoms with van der Waals surface area (Å²) < 4.78 is 5.34. The second-order valence-corrected chi connectivity index (χ2v) is 4.42. The van der Waals surface area contributed by atoms with E-state index in [0.717, 1.165) is 22.8 Å². The van der Waals surface area contributed by atoms with Gasteiger partial charge in [0.05, 0.1) is 24.2 Å². The van der Waals surface area contributed by atoms with Gasteiger partial charge in [0.15, 0.2) is 0 Å². The van der Waals surface area contributed by atoms with E-state index in [1.165, 1.54) is 11.1 Å². The minimum atomic E-state index is 0.726. The molecule has 0 bridgehead atoms. The molecule has 0 atom stereocenters. The summed E-state index contributed by atoms with van der Waals surface area (Å²) in [6.45, 7) is 4.09. The Morgan fingerprint density at radius 1 is 0.944 bits per heavy atom. The van der Waals surface area contributed by atoms with Crippen LogP contribution in [0.4, 0.5) is 17.1 Å². The lowest BCUT2D eigenvalue weighted by atomic mass is 10.1. The molecule has 0 radical (unpaired) electrons. The van der Waals surface area contributed by atoms with E-state index in [9.17, 15) is 0 Å². The highest BCUT2D eigenvalue weighted by Crippen LogP contribution is 2.31. The molecule has 3 heteroatoms. The molecule has 3 nitrogen and oxygen atoms in total. The summed E-state index contributed by atoms with van der Waals surface area (Å²) in [7, 11) is 1.66. The standard InChI is InChI=1S/C15H18N2O/c1-10-4-6-12(16)13(8-10)17-14-9-11(2)5-7-15(14)18-3/h4-9,17H,16H2,1-3H3. The van der Waals surface area contributed by atoms with Gasteiger partial charge < -0.3 is 15.8 Å². The van der Waals surface area contributed by atoms with Crippen molar-refractivity contribution >= 4 is 17.1 Å². The van der Waals surface area contributed by atoms with Crippen LogP contribution in [-0.2, 0) is 0 Å². The maximum atomic E-state index is 5.96. The normalized spacial score (nSPS) is 10.2. The third-order valence-corrected chi connectivity index (χ3v) is 2.83. The number of nitrogen functional groups attached to an aromatic ring is 1. The summed E-state index contributed by atoms with van der Waals surface area (Å²) >= 11 is 0. The van der Waals surface area contributed by atoms with E-state index < -0.39 is 0 Å². The van der Waals surface area contributed by atoms with Gasteiger partial charge in [-0.1, -0.05) is 12.1 Å². The number of hydrogen-bond acceptors (Lipinski definition) is 3. The van der Waals surface area contributed by atoms with E-state index >= 15 is 0 Å². The van der Waals surface area contributed by atoms with Crippen molar-refractivity contribution in [1.82, 2.24) is 0 Å². The van der Waals surface area contributed by atoms with Crippen LogP contribution in [0.25, 0.3) is 0 Å². The first-order chi connectivity index (χ1) is 8.60. The maximum Gasteiger partial charge on any atom is 0.142 e. The minimum Gasteiger partial charge on any atom is -0.495 e. The molecule has 0 unspecified atom stereocenters. The van der Waals surface area contributed by atoms with Gasteiger partial charge in [0.2, 0.25) is 0 Å². The van der Waals surface area contributed by atoms with Gasteiger partial charge in [0.1, 0.15) is 5.75 Å². The summed E-state index contributed by atoms with van der Waals surface area (Å²) in [5, 5.41) is 3.32. The maximum absolute atomic E-state index is 5.96. The Labute approximate surface area is 108 Å². The summed E-state index contributed by atoms with van der Waals surface area (Å²) in [5.41, 5.74) is 10.9. The molecule has 2 rings (SSSR count). The number of methoxy groups -OCH3 is 1. The Morgan fingerprint density at radius 2 is 1.56 bits per heavy atom. The Kier molecular flexibility index (Phi) is 3.42. The molecule has 0 saturated heterocycles. The molecule has 18 heavy (non-hydrogen) atoms. The fraction of sp³-hybridized carbons (Fsp3) is 0.200. The highest BCUT2D eigenvalue weighted by Gasteiger charge is 2.05. The lowest BCUT2D eigenvalue weighted by molar-refractivity contribution is 0.416. The number of anilines is 3. The summed E-state index contributed by atoms with van der Waals surface area (Å²) in [6.07, 6.45) is 0. The summed E-state index contributed by atoms with van der Waals surface area (Å²) in [4.78, 5) is 0. The number of hydrogen-bond donors (Lipinski definition) is 2. The van der Waals surface area contributed by atoms with Gasteiger partial charge in [0.25, 0.3) is 0 Å². The van der Waals surface area contributed by atoms with E-state index in [0.29, 0.717) is 0 Å². The summed E-state index contributed by atoms with van der Waals surface area (Å²) in [6, 6.07) is 11.9. The minimum absolute atomic E-state index is 0.726. The van der Waals surface area contributed by atoms with Crippen molar-refractivity contribution in [2.24, 2.45) is 0 Å². The fourth-order valence-corrected chi connectivity index (χ4v) is 1.84. The van der Waals surface area contributed by atoms with Gasteiger partial charge in [-0.2, -0.15) is 0 Å². The third kappa shape index (κ3) is 2.56. The molecule has 0 aromatic heterocycles. The predicted molar refractivity (Wildman–Crippen MR) is 76.6 cm³/mol. The van der Waals surface area contributed by atoms with E-state index in [1.807, 2.05) is 50.2 Å². The Hall–Kier alpha value is -2.16. The molecule has 0 aliphatic carbocycles. The molecule has 0 aliphatic heterocycles. The molecule has 0 aliphatic rings. The van der Waals surface area contributed by atoms with Crippen LogP contribution in [0.2, 0.25) is 0 Å².